The number of hydrogen-bond acceptors (Lipinski definition) is 7. The van der Waals surface area contributed by atoms with Crippen LogP contribution in [0.15, 0.2) is 70.4 Å². The zero-order chi connectivity index (χ0) is 23.9. The molecule has 4 aromatic rings. The van der Waals surface area contributed by atoms with Crippen LogP contribution in [0, 0.1) is 15.9 Å². The van der Waals surface area contributed by atoms with Gasteiger partial charge in [0.05, 0.1) is 34.4 Å². The number of nitro groups is 1. The molecule has 0 amide bonds. The van der Waals surface area contributed by atoms with Gasteiger partial charge >= 0.3 is 0 Å². The summed E-state index contributed by atoms with van der Waals surface area (Å²) in [5.74, 6) is -0.697. The van der Waals surface area contributed by atoms with Gasteiger partial charge in [-0.05, 0) is 48.5 Å². The molecule has 0 aliphatic heterocycles. The predicted octanol–water partition coefficient (Wildman–Crippen LogP) is 2.85. The van der Waals surface area contributed by atoms with Crippen LogP contribution in [0.25, 0.3) is 10.9 Å². The lowest BCUT2D eigenvalue weighted by molar-refractivity contribution is -0.384. The summed E-state index contributed by atoms with van der Waals surface area (Å²) in [5.41, 5.74) is -1.12. The molecular weight excluding hydrogens is 457 g/mol. The maximum Gasteiger partial charge on any atom is 0.282 e. The van der Waals surface area contributed by atoms with Crippen LogP contribution in [-0.4, -0.2) is 34.3 Å². The van der Waals surface area contributed by atoms with Crippen LogP contribution in [0.3, 0.4) is 0 Å². The van der Waals surface area contributed by atoms with Crippen molar-refractivity contribution in [2.24, 2.45) is 0 Å². The first kappa shape index (κ1) is 22.0. The van der Waals surface area contributed by atoms with Crippen molar-refractivity contribution < 1.29 is 27.6 Å². The Morgan fingerprint density at radius 3 is 2.42 bits per heavy atom. The van der Waals surface area contributed by atoms with Gasteiger partial charge in [0.25, 0.3) is 21.3 Å². The zero-order valence-corrected chi connectivity index (χ0v) is 17.8. The summed E-state index contributed by atoms with van der Waals surface area (Å²) in [6.07, 6.45) is 0. The zero-order valence-electron chi connectivity index (χ0n) is 17.0. The molecule has 0 spiro atoms. The third-order valence-corrected chi connectivity index (χ3v) is 6.74. The topological polar surface area (TPSA) is 134 Å². The molecule has 0 unspecified atom stereocenters. The molecule has 1 heterocycles. The minimum atomic E-state index is -4.41. The predicted molar refractivity (Wildman–Crippen MR) is 116 cm³/mol. The highest BCUT2D eigenvalue weighted by Gasteiger charge is 2.26. The molecule has 0 aliphatic rings. The SMILES string of the molecule is COc1ccc2c(c1)c(=O)n(Cc1cc([N+](=O)[O-])ccc1O)n2S(=O)(=O)c1ccc(F)cc1. The van der Waals surface area contributed by atoms with Gasteiger partial charge in [0.1, 0.15) is 17.3 Å². The van der Waals surface area contributed by atoms with E-state index < -0.39 is 32.9 Å². The number of hydrogen-bond donors (Lipinski definition) is 1. The molecule has 0 aliphatic carbocycles. The van der Waals surface area contributed by atoms with Crippen LogP contribution in [0.1, 0.15) is 5.56 Å². The summed E-state index contributed by atoms with van der Waals surface area (Å²) in [6, 6.07) is 11.5. The average molecular weight is 473 g/mol. The largest absolute Gasteiger partial charge is 0.508 e. The van der Waals surface area contributed by atoms with Crippen molar-refractivity contribution in [3.05, 3.63) is 92.5 Å². The maximum absolute atomic E-state index is 13.5. The summed E-state index contributed by atoms with van der Waals surface area (Å²) in [7, 11) is -3.03. The molecule has 0 radical (unpaired) electrons. The van der Waals surface area contributed by atoms with Crippen LogP contribution in [-0.2, 0) is 16.6 Å². The molecule has 170 valence electrons. The lowest BCUT2D eigenvalue weighted by atomic mass is 10.2. The third-order valence-electron chi connectivity index (χ3n) is 5.03. The number of halogens is 1. The third kappa shape index (κ3) is 3.80. The average Bonchev–Trinajstić information content (AvgIpc) is 3.06. The van der Waals surface area contributed by atoms with Gasteiger partial charge in [0.15, 0.2) is 0 Å². The highest BCUT2D eigenvalue weighted by molar-refractivity contribution is 7.90. The molecule has 12 heteroatoms. The summed E-state index contributed by atoms with van der Waals surface area (Å²) in [6.45, 7) is -0.496. The Hall–Kier alpha value is -4.19. The van der Waals surface area contributed by atoms with E-state index in [1.165, 1.54) is 25.3 Å². The minimum absolute atomic E-state index is 0.00459. The van der Waals surface area contributed by atoms with Gasteiger partial charge in [-0.25, -0.2) is 9.07 Å². The highest BCUT2D eigenvalue weighted by Crippen LogP contribution is 2.27. The second-order valence-electron chi connectivity index (χ2n) is 7.02. The molecule has 3 aromatic carbocycles. The fourth-order valence-electron chi connectivity index (χ4n) is 3.41. The Morgan fingerprint density at radius 1 is 1.09 bits per heavy atom. The van der Waals surface area contributed by atoms with Crippen molar-refractivity contribution >= 4 is 26.6 Å². The van der Waals surface area contributed by atoms with Crippen LogP contribution in [0.4, 0.5) is 10.1 Å². The molecule has 0 bridgehead atoms. The van der Waals surface area contributed by atoms with E-state index >= 15 is 0 Å². The van der Waals surface area contributed by atoms with Crippen molar-refractivity contribution in [2.45, 2.75) is 11.4 Å². The van der Waals surface area contributed by atoms with Crippen molar-refractivity contribution in [1.82, 2.24) is 8.77 Å². The van der Waals surface area contributed by atoms with Gasteiger partial charge in [0, 0.05) is 17.7 Å². The van der Waals surface area contributed by atoms with E-state index in [1.54, 1.807) is 0 Å². The first-order valence-corrected chi connectivity index (χ1v) is 10.8. The van der Waals surface area contributed by atoms with Crippen LogP contribution < -0.4 is 10.3 Å². The van der Waals surface area contributed by atoms with Crippen LogP contribution >= 0.6 is 0 Å². The Morgan fingerprint density at radius 2 is 1.79 bits per heavy atom. The first-order valence-electron chi connectivity index (χ1n) is 9.40. The Kier molecular flexibility index (Phi) is 5.38. The molecule has 10 nitrogen and oxygen atoms in total. The van der Waals surface area contributed by atoms with E-state index in [0.29, 0.717) is 5.75 Å². The van der Waals surface area contributed by atoms with Crippen molar-refractivity contribution in [3.8, 4) is 11.5 Å². The molecule has 4 rings (SSSR count). The monoisotopic (exact) mass is 473 g/mol. The Bertz CT molecular complexity index is 1560. The number of phenols is 1. The fraction of sp³-hybridized carbons (Fsp3) is 0.0952. The molecule has 1 aromatic heterocycles. The number of aromatic hydroxyl groups is 1. The van der Waals surface area contributed by atoms with Crippen LogP contribution in [0.5, 0.6) is 11.5 Å². The van der Waals surface area contributed by atoms with Gasteiger partial charge in [-0.15, -0.1) is 0 Å². The second-order valence-corrected chi connectivity index (χ2v) is 8.79. The number of phenolic OH excluding ortho intramolecular Hbond substituents is 1. The number of benzene rings is 3. The minimum Gasteiger partial charge on any atom is -0.508 e. The van der Waals surface area contributed by atoms with Gasteiger partial charge in [-0.2, -0.15) is 12.5 Å². The summed E-state index contributed by atoms with van der Waals surface area (Å²) < 4.78 is 47.0. The number of ether oxygens (including phenoxy) is 1. The Labute approximate surface area is 185 Å². The molecule has 1 N–H and O–H groups in total. The summed E-state index contributed by atoms with van der Waals surface area (Å²) in [4.78, 5) is 23.4. The molecule has 0 saturated carbocycles. The van der Waals surface area contributed by atoms with Crippen molar-refractivity contribution in [1.29, 1.82) is 0 Å². The second kappa shape index (κ2) is 8.06. The number of rotatable bonds is 6. The van der Waals surface area contributed by atoms with E-state index in [4.69, 9.17) is 4.74 Å². The number of nitrogens with zero attached hydrogens (tertiary/aromatic N) is 3. The van der Waals surface area contributed by atoms with E-state index in [1.807, 2.05) is 0 Å². The fourth-order valence-corrected chi connectivity index (χ4v) is 4.90. The van der Waals surface area contributed by atoms with Gasteiger partial charge in [0.2, 0.25) is 0 Å². The summed E-state index contributed by atoms with van der Waals surface area (Å²) >= 11 is 0. The van der Waals surface area contributed by atoms with Gasteiger partial charge in [-0.3, -0.25) is 14.9 Å². The molecule has 0 atom stereocenters. The summed E-state index contributed by atoms with van der Waals surface area (Å²) in [5, 5.41) is 21.4. The number of nitro benzene ring substituents is 1. The molecular formula is C21H16FN3O7S. The number of non-ortho nitro benzene ring substituents is 1. The van der Waals surface area contributed by atoms with Crippen LogP contribution in [0.2, 0.25) is 0 Å². The Balaban J connectivity index is 2.01. The number of methoxy groups -OCH3 is 1. The van der Waals surface area contributed by atoms with Crippen molar-refractivity contribution in [3.63, 3.8) is 0 Å². The van der Waals surface area contributed by atoms with E-state index in [2.05, 4.69) is 0 Å². The molecule has 33 heavy (non-hydrogen) atoms. The number of aromatic nitrogens is 2. The lowest BCUT2D eigenvalue weighted by Crippen LogP contribution is -2.28. The quantitative estimate of drug-likeness (QED) is 0.336. The van der Waals surface area contributed by atoms with Gasteiger partial charge in [-0.1, -0.05) is 0 Å². The van der Waals surface area contributed by atoms with E-state index in [-0.39, 0.29) is 32.8 Å². The molecule has 0 saturated heterocycles. The molecule has 0 fully saturated rings. The smallest absolute Gasteiger partial charge is 0.282 e. The lowest BCUT2D eigenvalue weighted by Gasteiger charge is -2.14. The highest BCUT2D eigenvalue weighted by atomic mass is 32.2. The standard InChI is InChI=1S/C21H16FN3O7S/c1-32-16-5-8-19-18(11-16)21(27)23(12-13-10-15(25(28)29)4-9-20(13)26)24(19)33(30,31)17-6-2-14(22)3-7-17/h2-11,26H,12H2,1H3. The maximum atomic E-state index is 13.5. The normalized spacial score (nSPS) is 11.6. The first-order chi connectivity index (χ1) is 15.6. The van der Waals surface area contributed by atoms with Crippen molar-refractivity contribution in [2.75, 3.05) is 7.11 Å². The number of fused-ring (bicyclic) bond motifs is 1. The van der Waals surface area contributed by atoms with Gasteiger partial charge < -0.3 is 9.84 Å². The van der Waals surface area contributed by atoms with E-state index in [9.17, 15) is 32.8 Å². The van der Waals surface area contributed by atoms with E-state index in [0.717, 1.165) is 51.2 Å².